The number of likely N-dealkylation sites (tertiary alicyclic amines) is 1. The molecular weight excluding hydrogens is 328 g/mol. The summed E-state index contributed by atoms with van der Waals surface area (Å²) < 4.78 is 26.3. The number of nitrogens with zero attached hydrogens (tertiary/aromatic N) is 1. The van der Waals surface area contributed by atoms with Crippen LogP contribution in [0.5, 0.6) is 0 Å². The zero-order chi connectivity index (χ0) is 18.0. The van der Waals surface area contributed by atoms with Crippen LogP contribution in [0.4, 0.5) is 8.78 Å². The van der Waals surface area contributed by atoms with Crippen molar-refractivity contribution in [2.75, 3.05) is 13.1 Å². The average molecular weight is 345 g/mol. The predicted molar refractivity (Wildman–Crippen MR) is 87.5 cm³/mol. The maximum atomic E-state index is 13.3. The van der Waals surface area contributed by atoms with Crippen molar-refractivity contribution in [3.8, 4) is 0 Å². The summed E-state index contributed by atoms with van der Waals surface area (Å²) in [5.41, 5.74) is 1.40. The minimum absolute atomic E-state index is 0.144. The number of amides is 1. The Bertz CT molecular complexity index is 805. The lowest BCUT2D eigenvalue weighted by Gasteiger charge is -2.17. The van der Waals surface area contributed by atoms with Gasteiger partial charge in [0.25, 0.3) is 5.91 Å². The van der Waals surface area contributed by atoms with E-state index in [4.69, 9.17) is 5.11 Å². The molecule has 1 unspecified atom stereocenters. The van der Waals surface area contributed by atoms with E-state index in [1.807, 2.05) is 0 Å². The Kier molecular flexibility index (Phi) is 4.79. The van der Waals surface area contributed by atoms with Gasteiger partial charge in [-0.25, -0.2) is 13.6 Å². The summed E-state index contributed by atoms with van der Waals surface area (Å²) in [7, 11) is 0. The van der Waals surface area contributed by atoms with Crippen LogP contribution in [-0.4, -0.2) is 35.0 Å². The molecule has 2 aromatic rings. The second-order valence-corrected chi connectivity index (χ2v) is 6.24. The van der Waals surface area contributed by atoms with Crippen molar-refractivity contribution < 1.29 is 23.5 Å². The quantitative estimate of drug-likeness (QED) is 0.924. The Morgan fingerprint density at radius 3 is 2.36 bits per heavy atom. The predicted octanol–water partition coefficient (Wildman–Crippen LogP) is 3.37. The molecule has 130 valence electrons. The van der Waals surface area contributed by atoms with E-state index in [1.165, 1.54) is 6.07 Å². The third kappa shape index (κ3) is 3.84. The number of hydrogen-bond acceptors (Lipinski definition) is 2. The Labute approximate surface area is 143 Å². The highest BCUT2D eigenvalue weighted by atomic mass is 19.2. The first-order chi connectivity index (χ1) is 11.9. The molecule has 0 saturated carbocycles. The fourth-order valence-electron chi connectivity index (χ4n) is 3.11. The van der Waals surface area contributed by atoms with Crippen molar-refractivity contribution in [2.45, 2.75) is 12.8 Å². The van der Waals surface area contributed by atoms with Gasteiger partial charge in [0.2, 0.25) is 0 Å². The van der Waals surface area contributed by atoms with Crippen molar-refractivity contribution in [3.63, 3.8) is 0 Å². The number of carbonyl (C=O) groups is 2. The Balaban J connectivity index is 1.62. The van der Waals surface area contributed by atoms with Gasteiger partial charge in [-0.2, -0.15) is 0 Å². The SMILES string of the molecule is O=C(O)c1ccc(CC2CCN(C(=O)c3ccc(F)c(F)c3)C2)cc1. The zero-order valence-electron chi connectivity index (χ0n) is 13.4. The molecule has 0 spiro atoms. The molecule has 3 rings (SSSR count). The number of hydrogen-bond donors (Lipinski definition) is 1. The van der Waals surface area contributed by atoms with E-state index in [0.717, 1.165) is 30.5 Å². The molecule has 0 aromatic heterocycles. The van der Waals surface area contributed by atoms with Crippen LogP contribution < -0.4 is 0 Å². The molecule has 1 aliphatic heterocycles. The average Bonchev–Trinajstić information content (AvgIpc) is 3.05. The first-order valence-corrected chi connectivity index (χ1v) is 8.00. The molecule has 1 atom stereocenters. The van der Waals surface area contributed by atoms with E-state index in [9.17, 15) is 18.4 Å². The molecule has 0 aliphatic carbocycles. The van der Waals surface area contributed by atoms with Crippen molar-refractivity contribution in [1.29, 1.82) is 0 Å². The molecule has 1 fully saturated rings. The van der Waals surface area contributed by atoms with Crippen LogP contribution in [0.3, 0.4) is 0 Å². The second kappa shape index (κ2) is 7.01. The van der Waals surface area contributed by atoms with Gasteiger partial charge in [0.05, 0.1) is 5.56 Å². The molecule has 1 saturated heterocycles. The molecule has 6 heteroatoms. The highest BCUT2D eigenvalue weighted by Gasteiger charge is 2.27. The van der Waals surface area contributed by atoms with Crippen LogP contribution >= 0.6 is 0 Å². The number of carboxylic acids is 1. The van der Waals surface area contributed by atoms with Gasteiger partial charge in [0.15, 0.2) is 11.6 Å². The maximum Gasteiger partial charge on any atom is 0.335 e. The van der Waals surface area contributed by atoms with Crippen LogP contribution in [-0.2, 0) is 6.42 Å². The smallest absolute Gasteiger partial charge is 0.335 e. The van der Waals surface area contributed by atoms with Gasteiger partial charge in [-0.05, 0) is 54.7 Å². The fraction of sp³-hybridized carbons (Fsp3) is 0.263. The Morgan fingerprint density at radius 1 is 1.04 bits per heavy atom. The molecule has 1 N–H and O–H groups in total. The first kappa shape index (κ1) is 17.1. The summed E-state index contributed by atoms with van der Waals surface area (Å²) in [5.74, 6) is -3.01. The minimum atomic E-state index is -1.03. The normalized spacial score (nSPS) is 16.9. The number of aromatic carboxylic acids is 1. The lowest BCUT2D eigenvalue weighted by atomic mass is 9.98. The third-order valence-electron chi connectivity index (χ3n) is 4.46. The van der Waals surface area contributed by atoms with Crippen LogP contribution in [0.25, 0.3) is 0 Å². The number of carboxylic acid groups (broad SMARTS) is 1. The molecule has 1 amide bonds. The monoisotopic (exact) mass is 345 g/mol. The summed E-state index contributed by atoms with van der Waals surface area (Å²) in [4.78, 5) is 24.9. The van der Waals surface area contributed by atoms with E-state index in [1.54, 1.807) is 29.2 Å². The molecule has 1 aliphatic rings. The lowest BCUT2D eigenvalue weighted by Crippen LogP contribution is -2.29. The number of rotatable bonds is 4. The first-order valence-electron chi connectivity index (χ1n) is 8.00. The van der Waals surface area contributed by atoms with E-state index in [2.05, 4.69) is 0 Å². The van der Waals surface area contributed by atoms with Gasteiger partial charge >= 0.3 is 5.97 Å². The van der Waals surface area contributed by atoms with Gasteiger partial charge < -0.3 is 10.0 Å². The molecule has 25 heavy (non-hydrogen) atoms. The van der Waals surface area contributed by atoms with Gasteiger partial charge in [-0.1, -0.05) is 12.1 Å². The summed E-state index contributed by atoms with van der Waals surface area (Å²) in [6.07, 6.45) is 1.55. The fourth-order valence-corrected chi connectivity index (χ4v) is 3.11. The topological polar surface area (TPSA) is 57.6 Å². The Hall–Kier alpha value is -2.76. The van der Waals surface area contributed by atoms with Crippen LogP contribution in [0, 0.1) is 17.6 Å². The molecule has 2 aromatic carbocycles. The van der Waals surface area contributed by atoms with Gasteiger partial charge in [0, 0.05) is 18.7 Å². The summed E-state index contributed by atoms with van der Waals surface area (Å²) in [6, 6.07) is 9.87. The van der Waals surface area contributed by atoms with E-state index < -0.39 is 17.6 Å². The lowest BCUT2D eigenvalue weighted by molar-refractivity contribution is 0.0696. The Morgan fingerprint density at radius 2 is 1.72 bits per heavy atom. The summed E-state index contributed by atoms with van der Waals surface area (Å²) in [5, 5.41) is 8.91. The van der Waals surface area contributed by atoms with Crippen LogP contribution in [0.1, 0.15) is 32.7 Å². The van der Waals surface area contributed by atoms with E-state index >= 15 is 0 Å². The van der Waals surface area contributed by atoms with Crippen LogP contribution in [0.15, 0.2) is 42.5 Å². The summed E-state index contributed by atoms with van der Waals surface area (Å²) in [6.45, 7) is 1.11. The summed E-state index contributed by atoms with van der Waals surface area (Å²) >= 11 is 0. The highest BCUT2D eigenvalue weighted by molar-refractivity contribution is 5.94. The number of benzene rings is 2. The van der Waals surface area contributed by atoms with Crippen molar-refractivity contribution in [3.05, 3.63) is 70.8 Å². The number of halogens is 2. The van der Waals surface area contributed by atoms with Crippen LogP contribution in [0.2, 0.25) is 0 Å². The van der Waals surface area contributed by atoms with Crippen molar-refractivity contribution in [1.82, 2.24) is 4.90 Å². The molecule has 0 radical (unpaired) electrons. The van der Waals surface area contributed by atoms with Crippen molar-refractivity contribution in [2.24, 2.45) is 5.92 Å². The van der Waals surface area contributed by atoms with Gasteiger partial charge in [-0.15, -0.1) is 0 Å². The standard InChI is InChI=1S/C19H17F2NO3/c20-16-6-5-15(10-17(16)21)18(23)22-8-7-13(11-22)9-12-1-3-14(4-2-12)19(24)25/h1-6,10,13H,7-9,11H2,(H,24,25). The maximum absolute atomic E-state index is 13.3. The van der Waals surface area contributed by atoms with E-state index in [-0.39, 0.29) is 23.0 Å². The molecule has 4 nitrogen and oxygen atoms in total. The second-order valence-electron chi connectivity index (χ2n) is 6.24. The number of carbonyl (C=O) groups excluding carboxylic acids is 1. The van der Waals surface area contributed by atoms with Gasteiger partial charge in [-0.3, -0.25) is 4.79 Å². The van der Waals surface area contributed by atoms with E-state index in [0.29, 0.717) is 13.1 Å². The molecule has 1 heterocycles. The molecule has 0 bridgehead atoms. The minimum Gasteiger partial charge on any atom is -0.478 e. The largest absolute Gasteiger partial charge is 0.478 e. The van der Waals surface area contributed by atoms with Crippen molar-refractivity contribution >= 4 is 11.9 Å². The highest BCUT2D eigenvalue weighted by Crippen LogP contribution is 2.23. The third-order valence-corrected chi connectivity index (χ3v) is 4.46. The van der Waals surface area contributed by atoms with Gasteiger partial charge in [0.1, 0.15) is 0 Å². The zero-order valence-corrected chi connectivity index (χ0v) is 13.4. The molecular formula is C19H17F2NO3.